The van der Waals surface area contributed by atoms with Crippen LogP contribution in [0, 0.1) is 11.7 Å². The quantitative estimate of drug-likeness (QED) is 0.356. The fourth-order valence-corrected chi connectivity index (χ4v) is 2.54. The summed E-state index contributed by atoms with van der Waals surface area (Å²) in [6.07, 6.45) is 0. The van der Waals surface area contributed by atoms with E-state index in [1.807, 2.05) is 56.1 Å². The van der Waals surface area contributed by atoms with Gasteiger partial charge in [0, 0.05) is 38.8 Å². The summed E-state index contributed by atoms with van der Waals surface area (Å²) in [6, 6.07) is 14.2. The molecule has 5 nitrogen and oxygen atoms in total. The fourth-order valence-electron chi connectivity index (χ4n) is 2.54. The normalized spacial score (nSPS) is 11.0. The van der Waals surface area contributed by atoms with Gasteiger partial charge in [0.25, 0.3) is 0 Å². The van der Waals surface area contributed by atoms with Crippen molar-refractivity contribution in [2.45, 2.75) is 26.9 Å². The Bertz CT molecular complexity index is 793. The Hall–Kier alpha value is -2.16. The van der Waals surface area contributed by atoms with Crippen molar-refractivity contribution in [3.8, 4) is 0 Å². The minimum Gasteiger partial charge on any atom is -0.352 e. The molecule has 0 saturated heterocycles. The first-order valence-corrected chi connectivity index (χ1v) is 8.95. The molecule has 0 bridgehead atoms. The van der Waals surface area contributed by atoms with Crippen molar-refractivity contribution in [2.24, 2.45) is 10.9 Å². The highest BCUT2D eigenvalue weighted by molar-refractivity contribution is 14.0. The molecule has 2 rings (SSSR count). The second-order valence-electron chi connectivity index (χ2n) is 6.73. The molecular weight excluding hydrogens is 470 g/mol. The van der Waals surface area contributed by atoms with E-state index in [2.05, 4.69) is 15.6 Å². The van der Waals surface area contributed by atoms with E-state index in [0.717, 1.165) is 22.8 Å². The number of rotatable bonds is 6. The fraction of sp³-hybridized carbons (Fsp3) is 0.333. The Kier molecular flexibility index (Phi) is 9.92. The third-order valence-electron chi connectivity index (χ3n) is 4.08. The third kappa shape index (κ3) is 7.46. The smallest absolute Gasteiger partial charge is 0.226 e. The van der Waals surface area contributed by atoms with Gasteiger partial charge in [0.2, 0.25) is 5.91 Å². The van der Waals surface area contributed by atoms with E-state index in [-0.39, 0.29) is 41.6 Å². The molecule has 0 aliphatic rings. The molecule has 152 valence electrons. The Morgan fingerprint density at radius 2 is 1.82 bits per heavy atom. The average Bonchev–Trinajstić information content (AvgIpc) is 2.63. The number of hydrogen-bond donors (Lipinski definition) is 2. The van der Waals surface area contributed by atoms with E-state index >= 15 is 0 Å². The molecule has 0 heterocycles. The SMILES string of the molecule is CN=C(NCc1ccc(NC(=O)C(C)C)cc1)N(C)Cc1cccc(F)c1.I. The van der Waals surface area contributed by atoms with Gasteiger partial charge in [0.05, 0.1) is 0 Å². The molecule has 0 aromatic heterocycles. The van der Waals surface area contributed by atoms with E-state index in [1.54, 1.807) is 13.1 Å². The van der Waals surface area contributed by atoms with E-state index in [1.165, 1.54) is 12.1 Å². The number of hydrogen-bond acceptors (Lipinski definition) is 2. The van der Waals surface area contributed by atoms with Crippen LogP contribution in [-0.4, -0.2) is 30.9 Å². The highest BCUT2D eigenvalue weighted by Crippen LogP contribution is 2.11. The molecule has 0 unspecified atom stereocenters. The summed E-state index contributed by atoms with van der Waals surface area (Å²) in [5.41, 5.74) is 2.73. The van der Waals surface area contributed by atoms with Gasteiger partial charge in [-0.2, -0.15) is 0 Å². The Morgan fingerprint density at radius 3 is 2.39 bits per heavy atom. The number of carbonyl (C=O) groups is 1. The van der Waals surface area contributed by atoms with E-state index in [0.29, 0.717) is 13.1 Å². The summed E-state index contributed by atoms with van der Waals surface area (Å²) in [5, 5.41) is 6.17. The molecule has 7 heteroatoms. The Morgan fingerprint density at radius 1 is 1.14 bits per heavy atom. The summed E-state index contributed by atoms with van der Waals surface area (Å²) in [6.45, 7) is 4.87. The maximum atomic E-state index is 13.3. The lowest BCUT2D eigenvalue weighted by Crippen LogP contribution is -2.38. The number of anilines is 1. The lowest BCUT2D eigenvalue weighted by molar-refractivity contribution is -0.118. The summed E-state index contributed by atoms with van der Waals surface area (Å²) < 4.78 is 13.3. The van der Waals surface area contributed by atoms with Crippen molar-refractivity contribution in [3.63, 3.8) is 0 Å². The first-order chi connectivity index (χ1) is 12.9. The molecule has 0 aliphatic heterocycles. The molecule has 0 aliphatic carbocycles. The number of guanidine groups is 1. The van der Waals surface area contributed by atoms with Crippen LogP contribution >= 0.6 is 24.0 Å². The number of carbonyl (C=O) groups excluding carboxylic acids is 1. The summed E-state index contributed by atoms with van der Waals surface area (Å²) in [5.74, 6) is 0.425. The summed E-state index contributed by atoms with van der Waals surface area (Å²) in [4.78, 5) is 17.9. The van der Waals surface area contributed by atoms with Crippen LogP contribution in [0.25, 0.3) is 0 Å². The summed E-state index contributed by atoms with van der Waals surface area (Å²) in [7, 11) is 3.62. The van der Waals surface area contributed by atoms with Crippen molar-refractivity contribution >= 4 is 41.5 Å². The number of amides is 1. The number of nitrogens with one attached hydrogen (secondary N) is 2. The van der Waals surface area contributed by atoms with Crippen LogP contribution in [0.15, 0.2) is 53.5 Å². The van der Waals surface area contributed by atoms with Crippen LogP contribution in [-0.2, 0) is 17.9 Å². The van der Waals surface area contributed by atoms with Crippen LogP contribution < -0.4 is 10.6 Å². The number of halogens is 2. The van der Waals surface area contributed by atoms with Gasteiger partial charge >= 0.3 is 0 Å². The van der Waals surface area contributed by atoms with Gasteiger partial charge in [-0.25, -0.2) is 4.39 Å². The maximum absolute atomic E-state index is 13.3. The molecule has 2 N–H and O–H groups in total. The van der Waals surface area contributed by atoms with Crippen molar-refractivity contribution in [1.82, 2.24) is 10.2 Å². The predicted molar refractivity (Wildman–Crippen MR) is 123 cm³/mol. The second-order valence-corrected chi connectivity index (χ2v) is 6.73. The molecule has 2 aromatic rings. The number of aliphatic imine (C=N–C) groups is 1. The molecule has 0 saturated carbocycles. The van der Waals surface area contributed by atoms with Crippen LogP contribution in [0.5, 0.6) is 0 Å². The summed E-state index contributed by atoms with van der Waals surface area (Å²) >= 11 is 0. The minimum absolute atomic E-state index is 0. The maximum Gasteiger partial charge on any atom is 0.226 e. The van der Waals surface area contributed by atoms with Crippen LogP contribution in [0.4, 0.5) is 10.1 Å². The Labute approximate surface area is 183 Å². The van der Waals surface area contributed by atoms with E-state index in [4.69, 9.17) is 0 Å². The molecule has 0 atom stereocenters. The topological polar surface area (TPSA) is 56.7 Å². The van der Waals surface area contributed by atoms with E-state index < -0.39 is 0 Å². The Balaban J connectivity index is 0.00000392. The van der Waals surface area contributed by atoms with Gasteiger partial charge < -0.3 is 15.5 Å². The molecule has 0 spiro atoms. The predicted octanol–water partition coefficient (Wildman–Crippen LogP) is 4.25. The molecule has 0 fully saturated rings. The van der Waals surface area contributed by atoms with E-state index in [9.17, 15) is 9.18 Å². The van der Waals surface area contributed by atoms with Gasteiger partial charge in [-0.1, -0.05) is 38.1 Å². The lowest BCUT2D eigenvalue weighted by Gasteiger charge is -2.22. The number of nitrogens with zero attached hydrogens (tertiary/aromatic N) is 2. The van der Waals surface area contributed by atoms with Crippen molar-refractivity contribution < 1.29 is 9.18 Å². The minimum atomic E-state index is -0.242. The van der Waals surface area contributed by atoms with Gasteiger partial charge in [-0.05, 0) is 35.4 Å². The van der Waals surface area contributed by atoms with Crippen LogP contribution in [0.2, 0.25) is 0 Å². The van der Waals surface area contributed by atoms with Crippen molar-refractivity contribution in [3.05, 3.63) is 65.5 Å². The van der Waals surface area contributed by atoms with Crippen LogP contribution in [0.1, 0.15) is 25.0 Å². The molecular formula is C21H28FIN4O. The van der Waals surface area contributed by atoms with Gasteiger partial charge in [-0.3, -0.25) is 9.79 Å². The number of benzene rings is 2. The average molecular weight is 498 g/mol. The van der Waals surface area contributed by atoms with Crippen molar-refractivity contribution in [1.29, 1.82) is 0 Å². The largest absolute Gasteiger partial charge is 0.352 e. The standard InChI is InChI=1S/C21H27FN4O.HI/c1-15(2)20(27)25-19-10-8-16(9-11-19)13-24-21(23-3)26(4)14-17-6-5-7-18(22)12-17;/h5-12,15H,13-14H2,1-4H3,(H,23,24)(H,25,27);1H. The first kappa shape index (κ1) is 23.9. The molecule has 28 heavy (non-hydrogen) atoms. The highest BCUT2D eigenvalue weighted by Gasteiger charge is 2.09. The zero-order chi connectivity index (χ0) is 19.8. The zero-order valence-electron chi connectivity index (χ0n) is 16.7. The molecule has 0 radical (unpaired) electrons. The van der Waals surface area contributed by atoms with Crippen LogP contribution in [0.3, 0.4) is 0 Å². The zero-order valence-corrected chi connectivity index (χ0v) is 19.0. The first-order valence-electron chi connectivity index (χ1n) is 8.95. The lowest BCUT2D eigenvalue weighted by atomic mass is 10.1. The molecule has 1 amide bonds. The van der Waals surface area contributed by atoms with Gasteiger partial charge in [-0.15, -0.1) is 24.0 Å². The van der Waals surface area contributed by atoms with Gasteiger partial charge in [0.15, 0.2) is 5.96 Å². The van der Waals surface area contributed by atoms with Gasteiger partial charge in [0.1, 0.15) is 5.82 Å². The second kappa shape index (κ2) is 11.6. The highest BCUT2D eigenvalue weighted by atomic mass is 127. The van der Waals surface area contributed by atoms with Crippen molar-refractivity contribution in [2.75, 3.05) is 19.4 Å². The third-order valence-corrected chi connectivity index (χ3v) is 4.08. The monoisotopic (exact) mass is 498 g/mol. The molecule has 2 aromatic carbocycles.